The van der Waals surface area contributed by atoms with Gasteiger partial charge in [0.1, 0.15) is 6.04 Å². The van der Waals surface area contributed by atoms with Gasteiger partial charge in [0.05, 0.1) is 22.4 Å². The average molecular weight is 479 g/mol. The van der Waals surface area contributed by atoms with Gasteiger partial charge in [-0.2, -0.15) is 0 Å². The van der Waals surface area contributed by atoms with Gasteiger partial charge in [0.15, 0.2) is 4.80 Å². The molecule has 160 valence electrons. The lowest BCUT2D eigenvalue weighted by atomic mass is 9.97. The summed E-state index contributed by atoms with van der Waals surface area (Å²) >= 11 is 4.42. The second-order valence-electron chi connectivity index (χ2n) is 6.96. The van der Waals surface area contributed by atoms with Gasteiger partial charge in [-0.25, -0.2) is 9.79 Å². The van der Waals surface area contributed by atoms with Crippen molar-refractivity contribution in [3.63, 3.8) is 0 Å². The molecule has 5 rings (SSSR count). The largest absolute Gasteiger partial charge is 0.463 e. The van der Waals surface area contributed by atoms with Gasteiger partial charge in [0.2, 0.25) is 0 Å². The standard InChI is InChI=1S/C24H18N2O3S3/c1-2-29-23(28)19-20(15-8-4-3-5-9-15)25-24-26(21(19)17-11-7-13-31-17)22(27)18(32-24)14-16-10-6-12-30-16/h3-14,21H,2H2,1H3/b18-14-. The molecule has 0 N–H and O–H groups in total. The third kappa shape index (κ3) is 3.70. The lowest BCUT2D eigenvalue weighted by Crippen LogP contribution is -2.39. The molecule has 4 aromatic rings. The first-order chi connectivity index (χ1) is 15.7. The summed E-state index contributed by atoms with van der Waals surface area (Å²) in [6.45, 7) is 2.02. The number of nitrogens with zero attached hydrogens (tertiary/aromatic N) is 2. The lowest BCUT2D eigenvalue weighted by Gasteiger charge is -2.24. The van der Waals surface area contributed by atoms with Crippen molar-refractivity contribution in [3.8, 4) is 0 Å². The fraction of sp³-hybridized carbons (Fsp3) is 0.125. The van der Waals surface area contributed by atoms with Crippen LogP contribution in [0.15, 0.2) is 80.7 Å². The predicted octanol–water partition coefficient (Wildman–Crippen LogP) is 4.06. The smallest absolute Gasteiger partial charge is 0.338 e. The van der Waals surface area contributed by atoms with Gasteiger partial charge in [0, 0.05) is 15.3 Å². The van der Waals surface area contributed by atoms with E-state index < -0.39 is 12.0 Å². The molecular weight excluding hydrogens is 460 g/mol. The van der Waals surface area contributed by atoms with Crippen molar-refractivity contribution in [1.29, 1.82) is 0 Å². The molecule has 0 radical (unpaired) electrons. The molecular formula is C24H18N2O3S3. The van der Waals surface area contributed by atoms with Gasteiger partial charge in [-0.05, 0) is 35.9 Å². The van der Waals surface area contributed by atoms with Crippen LogP contribution in [0.1, 0.15) is 28.3 Å². The molecule has 8 heteroatoms. The molecule has 1 unspecified atom stereocenters. The Morgan fingerprint density at radius 3 is 2.56 bits per heavy atom. The maximum absolute atomic E-state index is 13.5. The Kier molecular flexibility index (Phi) is 5.73. The molecule has 1 aliphatic heterocycles. The minimum Gasteiger partial charge on any atom is -0.463 e. The lowest BCUT2D eigenvalue weighted by molar-refractivity contribution is -0.138. The molecule has 0 spiro atoms. The van der Waals surface area contributed by atoms with E-state index in [-0.39, 0.29) is 12.2 Å². The summed E-state index contributed by atoms with van der Waals surface area (Å²) in [6.07, 6.45) is 1.89. The second kappa shape index (κ2) is 8.82. The zero-order valence-electron chi connectivity index (χ0n) is 17.1. The number of benzene rings is 1. The number of ether oxygens (including phenoxy) is 1. The highest BCUT2D eigenvalue weighted by atomic mass is 32.1. The normalized spacial score (nSPS) is 16.0. The van der Waals surface area contributed by atoms with Crippen LogP contribution in [0, 0.1) is 0 Å². The summed E-state index contributed by atoms with van der Waals surface area (Å²) in [4.78, 5) is 34.0. The number of carbonyl (C=O) groups is 1. The van der Waals surface area contributed by atoms with Crippen molar-refractivity contribution in [2.75, 3.05) is 6.61 Å². The number of thiazole rings is 1. The number of fused-ring (bicyclic) bond motifs is 1. The molecule has 4 heterocycles. The van der Waals surface area contributed by atoms with Crippen molar-refractivity contribution < 1.29 is 9.53 Å². The highest BCUT2D eigenvalue weighted by molar-refractivity contribution is 7.11. The summed E-state index contributed by atoms with van der Waals surface area (Å²) in [6, 6.07) is 16.8. The SMILES string of the molecule is CCOC(=O)C1=C(c2ccccc2)N=c2s/c(=C\c3cccs3)c(=O)n2C1c1cccs1. The Bertz CT molecular complexity index is 1460. The first-order valence-electron chi connectivity index (χ1n) is 10.0. The van der Waals surface area contributed by atoms with Gasteiger partial charge in [0.25, 0.3) is 5.56 Å². The van der Waals surface area contributed by atoms with Gasteiger partial charge in [-0.1, -0.05) is 53.8 Å². The van der Waals surface area contributed by atoms with E-state index in [0.29, 0.717) is 20.6 Å². The van der Waals surface area contributed by atoms with Crippen molar-refractivity contribution in [3.05, 3.63) is 106 Å². The van der Waals surface area contributed by atoms with E-state index in [0.717, 1.165) is 15.3 Å². The summed E-state index contributed by atoms with van der Waals surface area (Å²) in [7, 11) is 0. The van der Waals surface area contributed by atoms with Crippen molar-refractivity contribution in [2.24, 2.45) is 4.99 Å². The Hall–Kier alpha value is -3.07. The van der Waals surface area contributed by atoms with Crippen LogP contribution in [0.3, 0.4) is 0 Å². The van der Waals surface area contributed by atoms with E-state index in [1.807, 2.05) is 71.4 Å². The molecule has 1 atom stereocenters. The van der Waals surface area contributed by atoms with Crippen LogP contribution < -0.4 is 14.9 Å². The summed E-state index contributed by atoms with van der Waals surface area (Å²) in [5, 5.41) is 3.92. The van der Waals surface area contributed by atoms with Crippen LogP contribution in [0.2, 0.25) is 0 Å². The zero-order chi connectivity index (χ0) is 22.1. The molecule has 1 aliphatic rings. The number of hydrogen-bond donors (Lipinski definition) is 0. The fourth-order valence-electron chi connectivity index (χ4n) is 3.66. The molecule has 0 aliphatic carbocycles. The van der Waals surface area contributed by atoms with E-state index in [1.54, 1.807) is 22.8 Å². The third-order valence-electron chi connectivity index (χ3n) is 5.00. The quantitative estimate of drug-likeness (QED) is 0.407. The Balaban J connectivity index is 1.83. The number of esters is 1. The summed E-state index contributed by atoms with van der Waals surface area (Å²) in [5.41, 5.74) is 1.59. The summed E-state index contributed by atoms with van der Waals surface area (Å²) in [5.74, 6) is -0.457. The van der Waals surface area contributed by atoms with Crippen LogP contribution in [0.25, 0.3) is 11.8 Å². The maximum atomic E-state index is 13.5. The summed E-state index contributed by atoms with van der Waals surface area (Å²) < 4.78 is 7.66. The van der Waals surface area contributed by atoms with Crippen LogP contribution in [-0.4, -0.2) is 17.1 Å². The van der Waals surface area contributed by atoms with Crippen LogP contribution in [0.4, 0.5) is 0 Å². The van der Waals surface area contributed by atoms with Gasteiger partial charge in [-0.15, -0.1) is 22.7 Å². The average Bonchev–Trinajstić information content (AvgIpc) is 3.57. The molecule has 0 bridgehead atoms. The zero-order valence-corrected chi connectivity index (χ0v) is 19.5. The van der Waals surface area contributed by atoms with Gasteiger partial charge >= 0.3 is 5.97 Å². The number of carbonyl (C=O) groups excluding carboxylic acids is 1. The van der Waals surface area contributed by atoms with E-state index in [2.05, 4.69) is 0 Å². The van der Waals surface area contributed by atoms with E-state index >= 15 is 0 Å². The first-order valence-corrected chi connectivity index (χ1v) is 12.6. The molecule has 0 saturated carbocycles. The Labute approximate surface area is 195 Å². The monoisotopic (exact) mass is 478 g/mol. The van der Waals surface area contributed by atoms with Gasteiger partial charge in [-0.3, -0.25) is 9.36 Å². The first kappa shape index (κ1) is 20.8. The molecule has 5 nitrogen and oxygen atoms in total. The molecule has 32 heavy (non-hydrogen) atoms. The van der Waals surface area contributed by atoms with E-state index in [9.17, 15) is 9.59 Å². The highest BCUT2D eigenvalue weighted by Crippen LogP contribution is 2.36. The minimum absolute atomic E-state index is 0.158. The number of rotatable bonds is 5. The molecule has 1 aromatic carbocycles. The van der Waals surface area contributed by atoms with Gasteiger partial charge < -0.3 is 4.74 Å². The van der Waals surface area contributed by atoms with Crippen LogP contribution in [-0.2, 0) is 9.53 Å². The third-order valence-corrected chi connectivity index (χ3v) is 7.73. The molecule has 0 amide bonds. The number of aromatic nitrogens is 1. The molecule has 0 fully saturated rings. The second-order valence-corrected chi connectivity index (χ2v) is 9.93. The molecule has 3 aromatic heterocycles. The number of hydrogen-bond acceptors (Lipinski definition) is 7. The highest BCUT2D eigenvalue weighted by Gasteiger charge is 2.35. The Morgan fingerprint density at radius 2 is 1.88 bits per heavy atom. The van der Waals surface area contributed by atoms with Crippen molar-refractivity contribution >= 4 is 51.8 Å². The van der Waals surface area contributed by atoms with E-state index in [4.69, 9.17) is 9.73 Å². The predicted molar refractivity (Wildman–Crippen MR) is 130 cm³/mol. The Morgan fingerprint density at radius 1 is 1.09 bits per heavy atom. The maximum Gasteiger partial charge on any atom is 0.338 e. The molecule has 0 saturated heterocycles. The topological polar surface area (TPSA) is 60.7 Å². The van der Waals surface area contributed by atoms with Crippen LogP contribution >= 0.6 is 34.0 Å². The minimum atomic E-state index is -0.592. The van der Waals surface area contributed by atoms with Crippen molar-refractivity contribution in [2.45, 2.75) is 13.0 Å². The van der Waals surface area contributed by atoms with Crippen LogP contribution in [0.5, 0.6) is 0 Å². The van der Waals surface area contributed by atoms with E-state index in [1.165, 1.54) is 22.7 Å². The fourth-order valence-corrected chi connectivity index (χ4v) is 6.21. The van der Waals surface area contributed by atoms with Crippen molar-refractivity contribution in [1.82, 2.24) is 4.57 Å². The number of thiophene rings is 2.